The number of aromatic nitrogens is 5. The molecule has 2 aromatic carbocycles. The van der Waals surface area contributed by atoms with Crippen LogP contribution in [0.15, 0.2) is 65.7 Å². The number of hydrogen-bond donors (Lipinski definition) is 2. The lowest BCUT2D eigenvalue weighted by Crippen LogP contribution is -2.52. The number of methoxy groups -OCH3 is 1. The van der Waals surface area contributed by atoms with Crippen LogP contribution >= 0.6 is 23.9 Å². The molecule has 0 spiro atoms. The molecule has 49 heavy (non-hydrogen) atoms. The molecule has 3 aromatic heterocycles. The first-order valence-corrected chi connectivity index (χ1v) is 19.8. The van der Waals surface area contributed by atoms with Gasteiger partial charge >= 0.3 is 0 Å². The number of halogens is 1. The number of aryl methyl sites for hydroxylation is 1. The molecule has 0 unspecified atom stereocenters. The third-order valence-electron chi connectivity index (χ3n) is 9.63. The summed E-state index contributed by atoms with van der Waals surface area (Å²) >= 11 is 3.67. The van der Waals surface area contributed by atoms with Crippen LogP contribution in [0.1, 0.15) is 12.8 Å². The van der Waals surface area contributed by atoms with Crippen molar-refractivity contribution >= 4 is 68.9 Å². The molecule has 7 rings (SSSR count). The van der Waals surface area contributed by atoms with E-state index in [1.165, 1.54) is 5.30 Å². The number of benzene rings is 2. The van der Waals surface area contributed by atoms with Crippen molar-refractivity contribution in [2.75, 3.05) is 82.3 Å². The first-order chi connectivity index (χ1) is 23.8. The highest BCUT2D eigenvalue weighted by molar-refractivity contribution is 9.10. The van der Waals surface area contributed by atoms with Gasteiger partial charge in [-0.3, -0.25) is 14.6 Å². The maximum absolute atomic E-state index is 5.99. The van der Waals surface area contributed by atoms with Gasteiger partial charge in [0.15, 0.2) is 0 Å². The number of fused-ring (bicyclic) bond motifs is 1. The SMILES string of the molecule is COc1cc(N2CCC(N3CCN(C)CC3)CC2)c(-c2cnn(C)c2)cc1Nc1ncc(Br)c(Nc2cnc3ccccc3c2P(C)C)n1. The molecule has 2 aliphatic heterocycles. The lowest BCUT2D eigenvalue weighted by atomic mass is 9.98. The van der Waals surface area contributed by atoms with Crippen LogP contribution in [0.2, 0.25) is 0 Å². The Morgan fingerprint density at radius 1 is 0.898 bits per heavy atom. The van der Waals surface area contributed by atoms with Crippen molar-refractivity contribution in [3.05, 3.63) is 65.7 Å². The molecule has 0 aliphatic carbocycles. The minimum atomic E-state index is -0.425. The monoisotopic (exact) mass is 742 g/mol. The molecule has 13 heteroatoms. The Morgan fingerprint density at radius 3 is 2.39 bits per heavy atom. The zero-order valence-electron chi connectivity index (χ0n) is 28.8. The Labute approximate surface area is 298 Å². The molecule has 256 valence electrons. The van der Waals surface area contributed by atoms with Gasteiger partial charge in [-0.1, -0.05) is 26.1 Å². The van der Waals surface area contributed by atoms with Gasteiger partial charge in [0, 0.05) is 98.3 Å². The summed E-state index contributed by atoms with van der Waals surface area (Å²) in [4.78, 5) is 21.9. The van der Waals surface area contributed by atoms with Gasteiger partial charge in [-0.2, -0.15) is 10.1 Å². The highest BCUT2D eigenvalue weighted by Crippen LogP contribution is 2.42. The van der Waals surface area contributed by atoms with Gasteiger partial charge < -0.3 is 25.2 Å². The fraction of sp³-hybridized carbons (Fsp3) is 0.389. The summed E-state index contributed by atoms with van der Waals surface area (Å²) in [5, 5.41) is 13.9. The molecule has 11 nitrogen and oxygen atoms in total. The van der Waals surface area contributed by atoms with Crippen LogP contribution in [0.25, 0.3) is 22.0 Å². The molecule has 0 amide bonds. The van der Waals surface area contributed by atoms with E-state index in [-0.39, 0.29) is 0 Å². The molecule has 0 bridgehead atoms. The Hall–Kier alpha value is -3.83. The summed E-state index contributed by atoms with van der Waals surface area (Å²) in [6.07, 6.45) is 9.95. The van der Waals surface area contributed by atoms with Crippen molar-refractivity contribution in [3.63, 3.8) is 0 Å². The summed E-state index contributed by atoms with van der Waals surface area (Å²) in [5.41, 5.74) is 6.01. The van der Waals surface area contributed by atoms with Crippen LogP contribution in [0.3, 0.4) is 0 Å². The van der Waals surface area contributed by atoms with Crippen LogP contribution < -0.4 is 25.6 Å². The number of likely N-dealkylation sites (N-methyl/N-ethyl adjacent to an activating group) is 1. The van der Waals surface area contributed by atoms with E-state index < -0.39 is 7.92 Å². The summed E-state index contributed by atoms with van der Waals surface area (Å²) in [5.74, 6) is 1.83. The normalized spacial score (nSPS) is 16.4. The van der Waals surface area contributed by atoms with Crippen molar-refractivity contribution in [1.29, 1.82) is 0 Å². The van der Waals surface area contributed by atoms with Crippen LogP contribution in [0, 0.1) is 0 Å². The Morgan fingerprint density at radius 2 is 1.67 bits per heavy atom. The third-order valence-corrected chi connectivity index (χ3v) is 11.6. The van der Waals surface area contributed by atoms with Gasteiger partial charge in [-0.15, -0.1) is 0 Å². The standard InChI is InChI=1S/C36H44BrN10OP/c1-44-14-16-46(17-15-44)25-10-12-47(13-11-25)32-19-33(48-3)30(18-27(32)24-20-40-45(2)23-24)42-36-39-21-28(37)35(43-36)41-31-22-38-29-9-7-6-8-26(29)34(31)49(4)5/h6-9,18-23,25H,10-17H2,1-5H3,(H2,39,41,42,43). The van der Waals surface area contributed by atoms with Gasteiger partial charge in [0.05, 0.1) is 40.9 Å². The molecule has 0 radical (unpaired) electrons. The van der Waals surface area contributed by atoms with Gasteiger partial charge in [-0.05, 0) is 61.3 Å². The first-order valence-electron chi connectivity index (χ1n) is 16.8. The minimum Gasteiger partial charge on any atom is -0.494 e. The van der Waals surface area contributed by atoms with Crippen LogP contribution in [0.4, 0.5) is 28.8 Å². The van der Waals surface area contributed by atoms with Crippen molar-refractivity contribution < 1.29 is 4.74 Å². The van der Waals surface area contributed by atoms with E-state index in [1.807, 2.05) is 30.2 Å². The Bertz CT molecular complexity index is 1940. The van der Waals surface area contributed by atoms with E-state index in [0.29, 0.717) is 17.8 Å². The van der Waals surface area contributed by atoms with E-state index in [9.17, 15) is 0 Å². The number of ether oxygens (including phenoxy) is 1. The smallest absolute Gasteiger partial charge is 0.229 e. The molecule has 2 aliphatic rings. The van der Waals surface area contributed by atoms with Gasteiger partial charge in [-0.25, -0.2) is 4.98 Å². The van der Waals surface area contributed by atoms with Crippen molar-refractivity contribution in [2.45, 2.75) is 18.9 Å². The molecule has 2 saturated heterocycles. The second-order valence-corrected chi connectivity index (χ2v) is 16.2. The molecule has 2 N–H and O–H groups in total. The third kappa shape index (κ3) is 7.24. The van der Waals surface area contributed by atoms with Crippen LogP contribution in [-0.2, 0) is 7.05 Å². The maximum Gasteiger partial charge on any atom is 0.229 e. The van der Waals surface area contributed by atoms with Crippen molar-refractivity contribution in [1.82, 2.24) is 34.5 Å². The molecule has 5 heterocycles. The van der Waals surface area contributed by atoms with Gasteiger partial charge in [0.1, 0.15) is 11.6 Å². The lowest BCUT2D eigenvalue weighted by molar-refractivity contribution is 0.0982. The predicted molar refractivity (Wildman–Crippen MR) is 206 cm³/mol. The molecule has 0 atom stereocenters. The Balaban J connectivity index is 1.17. The number of nitrogens with zero attached hydrogens (tertiary/aromatic N) is 8. The highest BCUT2D eigenvalue weighted by atomic mass is 79.9. The zero-order valence-corrected chi connectivity index (χ0v) is 31.3. The quantitative estimate of drug-likeness (QED) is 0.168. The number of pyridine rings is 1. The molecule has 5 aromatic rings. The zero-order chi connectivity index (χ0) is 34.1. The largest absolute Gasteiger partial charge is 0.494 e. The van der Waals surface area contributed by atoms with E-state index in [0.717, 1.165) is 101 Å². The molecular weight excluding hydrogens is 699 g/mol. The van der Waals surface area contributed by atoms with Crippen LogP contribution in [0.5, 0.6) is 5.75 Å². The fourth-order valence-corrected chi connectivity index (χ4v) is 8.57. The second kappa shape index (κ2) is 14.6. The molecule has 0 saturated carbocycles. The Kier molecular flexibility index (Phi) is 10.0. The van der Waals surface area contributed by atoms with Gasteiger partial charge in [0.25, 0.3) is 0 Å². The molecule has 2 fully saturated rings. The van der Waals surface area contributed by atoms with E-state index in [2.05, 4.69) is 108 Å². The van der Waals surface area contributed by atoms with E-state index in [1.54, 1.807) is 13.3 Å². The topological polar surface area (TPSA) is 99.5 Å². The highest BCUT2D eigenvalue weighted by Gasteiger charge is 2.29. The van der Waals surface area contributed by atoms with E-state index in [4.69, 9.17) is 14.7 Å². The fourth-order valence-electron chi connectivity index (χ4n) is 7.01. The number of para-hydroxylation sites is 1. The number of piperidine rings is 1. The lowest BCUT2D eigenvalue weighted by Gasteiger charge is -2.43. The van der Waals surface area contributed by atoms with Crippen molar-refractivity contribution in [3.8, 4) is 16.9 Å². The summed E-state index contributed by atoms with van der Waals surface area (Å²) in [6, 6.07) is 13.2. The average Bonchev–Trinajstić information content (AvgIpc) is 3.55. The number of piperazine rings is 1. The first kappa shape index (κ1) is 33.7. The molecular formula is C36H44BrN10OP. The van der Waals surface area contributed by atoms with E-state index >= 15 is 0 Å². The minimum absolute atomic E-state index is 0.425. The maximum atomic E-state index is 5.99. The average molecular weight is 744 g/mol. The second-order valence-electron chi connectivity index (χ2n) is 13.1. The summed E-state index contributed by atoms with van der Waals surface area (Å²) in [7, 11) is 5.46. The number of rotatable bonds is 9. The number of anilines is 5. The summed E-state index contributed by atoms with van der Waals surface area (Å²) < 4.78 is 8.60. The summed E-state index contributed by atoms with van der Waals surface area (Å²) in [6.45, 7) is 11.1. The number of hydrogen-bond acceptors (Lipinski definition) is 10. The predicted octanol–water partition coefficient (Wildman–Crippen LogP) is 6.27. The van der Waals surface area contributed by atoms with Crippen molar-refractivity contribution in [2.24, 2.45) is 7.05 Å². The van der Waals surface area contributed by atoms with Gasteiger partial charge in [0.2, 0.25) is 5.95 Å². The van der Waals surface area contributed by atoms with Crippen LogP contribution in [-0.4, -0.2) is 107 Å². The number of nitrogens with one attached hydrogen (secondary N) is 2.